The van der Waals surface area contributed by atoms with Gasteiger partial charge in [0.25, 0.3) is 5.91 Å². The molecule has 1 amide bonds. The molecule has 1 aliphatic carbocycles. The molecule has 0 atom stereocenters. The summed E-state index contributed by atoms with van der Waals surface area (Å²) in [6.45, 7) is 2.84. The maximum absolute atomic E-state index is 12.4. The lowest BCUT2D eigenvalue weighted by Crippen LogP contribution is -2.25. The normalized spacial score (nSPS) is 13.4. The zero-order valence-corrected chi connectivity index (χ0v) is 15.9. The molecule has 2 aromatic heterocycles. The van der Waals surface area contributed by atoms with Crippen molar-refractivity contribution in [1.82, 2.24) is 9.88 Å². The minimum Gasteiger partial charge on any atom is -0.352 e. The van der Waals surface area contributed by atoms with Gasteiger partial charge in [-0.3, -0.25) is 4.79 Å². The molecule has 3 nitrogen and oxygen atoms in total. The maximum atomic E-state index is 12.4. The first kappa shape index (κ1) is 17.1. The highest BCUT2D eigenvalue weighted by molar-refractivity contribution is 7.09. The minimum atomic E-state index is -0.000590. The van der Waals surface area contributed by atoms with E-state index in [1.807, 2.05) is 18.2 Å². The van der Waals surface area contributed by atoms with Crippen molar-refractivity contribution in [2.24, 2.45) is 0 Å². The number of carbonyl (C=O) groups is 1. The third kappa shape index (κ3) is 3.47. The maximum Gasteiger partial charge on any atom is 0.251 e. The molecule has 0 spiro atoms. The first-order valence-electron chi connectivity index (χ1n) is 9.33. The molecule has 0 fully saturated rings. The number of fused-ring (bicyclic) bond motifs is 1. The SMILES string of the molecule is Cc1cc2c(n1-c1ccc(C(=O)NCCc3cccs3)cc1)CCCC2. The summed E-state index contributed by atoms with van der Waals surface area (Å²) in [4.78, 5) is 13.7. The Balaban J connectivity index is 1.45. The van der Waals surface area contributed by atoms with Gasteiger partial charge in [-0.1, -0.05) is 6.07 Å². The molecule has 0 saturated heterocycles. The largest absolute Gasteiger partial charge is 0.352 e. The van der Waals surface area contributed by atoms with Crippen LogP contribution in [0.15, 0.2) is 47.8 Å². The quantitative estimate of drug-likeness (QED) is 0.700. The number of rotatable bonds is 5. The standard InChI is InChI=1S/C22H24N2OS/c1-16-15-18-5-2-3-7-21(18)24(16)19-10-8-17(9-11-19)22(25)23-13-12-20-6-4-14-26-20/h4,6,8-11,14-15H,2-3,5,7,12-13H2,1H3,(H,23,25). The van der Waals surface area contributed by atoms with Gasteiger partial charge < -0.3 is 9.88 Å². The highest BCUT2D eigenvalue weighted by atomic mass is 32.1. The summed E-state index contributed by atoms with van der Waals surface area (Å²) in [5.74, 6) is -0.000590. The number of amides is 1. The fourth-order valence-corrected chi connectivity index (χ4v) is 4.54. The van der Waals surface area contributed by atoms with E-state index in [2.05, 4.69) is 46.5 Å². The molecule has 4 rings (SSSR count). The van der Waals surface area contributed by atoms with Crippen LogP contribution in [0.3, 0.4) is 0 Å². The van der Waals surface area contributed by atoms with Crippen LogP contribution in [0.1, 0.15) is 45.0 Å². The van der Waals surface area contributed by atoms with E-state index in [4.69, 9.17) is 0 Å². The molecule has 1 N–H and O–H groups in total. The Hall–Kier alpha value is -2.33. The van der Waals surface area contributed by atoms with Crippen LogP contribution in [0.4, 0.5) is 0 Å². The molecule has 2 heterocycles. The summed E-state index contributed by atoms with van der Waals surface area (Å²) in [6.07, 6.45) is 5.78. The van der Waals surface area contributed by atoms with Gasteiger partial charge in [-0.2, -0.15) is 0 Å². The highest BCUT2D eigenvalue weighted by Gasteiger charge is 2.17. The number of nitrogens with zero attached hydrogens (tertiary/aromatic N) is 1. The summed E-state index contributed by atoms with van der Waals surface area (Å²) < 4.78 is 2.35. The Labute approximate surface area is 158 Å². The van der Waals surface area contributed by atoms with Gasteiger partial charge in [0.2, 0.25) is 0 Å². The first-order chi connectivity index (χ1) is 12.7. The number of thiophene rings is 1. The van der Waals surface area contributed by atoms with Crippen molar-refractivity contribution in [3.8, 4) is 5.69 Å². The predicted molar refractivity (Wildman–Crippen MR) is 108 cm³/mol. The van der Waals surface area contributed by atoms with Crippen molar-refractivity contribution in [3.05, 3.63) is 75.2 Å². The molecule has 0 radical (unpaired) electrons. The van der Waals surface area contributed by atoms with E-state index in [0.717, 1.165) is 24.1 Å². The number of aromatic nitrogens is 1. The number of carbonyl (C=O) groups excluding carboxylic acids is 1. The van der Waals surface area contributed by atoms with Crippen LogP contribution < -0.4 is 5.32 Å². The average Bonchev–Trinajstić information content (AvgIpc) is 3.28. The lowest BCUT2D eigenvalue weighted by Gasteiger charge is -2.17. The van der Waals surface area contributed by atoms with Crippen molar-refractivity contribution in [1.29, 1.82) is 0 Å². The van der Waals surface area contributed by atoms with Crippen molar-refractivity contribution in [2.45, 2.75) is 39.0 Å². The van der Waals surface area contributed by atoms with Gasteiger partial charge in [0.1, 0.15) is 0 Å². The number of benzene rings is 1. The Kier molecular flexibility index (Phi) is 4.93. The van der Waals surface area contributed by atoms with Crippen LogP contribution in [-0.4, -0.2) is 17.0 Å². The summed E-state index contributed by atoms with van der Waals surface area (Å²) in [7, 11) is 0. The van der Waals surface area contributed by atoms with Crippen molar-refractivity contribution in [3.63, 3.8) is 0 Å². The van der Waals surface area contributed by atoms with Crippen molar-refractivity contribution >= 4 is 17.2 Å². The summed E-state index contributed by atoms with van der Waals surface area (Å²) in [6, 6.07) is 14.5. The van der Waals surface area contributed by atoms with E-state index in [1.54, 1.807) is 11.3 Å². The van der Waals surface area contributed by atoms with Gasteiger partial charge in [-0.15, -0.1) is 11.3 Å². The molecule has 134 valence electrons. The van der Waals surface area contributed by atoms with Crippen LogP contribution >= 0.6 is 11.3 Å². The molecule has 0 aliphatic heterocycles. The van der Waals surface area contributed by atoms with Crippen LogP contribution in [0.25, 0.3) is 5.69 Å². The van der Waals surface area contributed by atoms with Gasteiger partial charge in [-0.05, 0) is 86.4 Å². The highest BCUT2D eigenvalue weighted by Crippen LogP contribution is 2.28. The molecule has 0 bridgehead atoms. The number of hydrogen-bond acceptors (Lipinski definition) is 2. The summed E-state index contributed by atoms with van der Waals surface area (Å²) in [5.41, 5.74) is 6.09. The third-order valence-electron chi connectivity index (χ3n) is 5.11. The number of nitrogens with one attached hydrogen (secondary N) is 1. The molecular weight excluding hydrogens is 340 g/mol. The lowest BCUT2D eigenvalue weighted by molar-refractivity contribution is 0.0954. The van der Waals surface area contributed by atoms with Crippen LogP contribution in [0.2, 0.25) is 0 Å². The molecular formula is C22H24N2OS. The topological polar surface area (TPSA) is 34.0 Å². The lowest BCUT2D eigenvalue weighted by atomic mass is 9.98. The molecule has 0 unspecified atom stereocenters. The second kappa shape index (κ2) is 7.50. The number of hydrogen-bond donors (Lipinski definition) is 1. The van der Waals surface area contributed by atoms with E-state index in [1.165, 1.54) is 41.1 Å². The van der Waals surface area contributed by atoms with Crippen molar-refractivity contribution in [2.75, 3.05) is 6.54 Å². The summed E-state index contributed by atoms with van der Waals surface area (Å²) >= 11 is 1.73. The van der Waals surface area contributed by atoms with Gasteiger partial charge in [0.15, 0.2) is 0 Å². The minimum absolute atomic E-state index is 0.000590. The Morgan fingerprint density at radius 1 is 1.15 bits per heavy atom. The first-order valence-corrected chi connectivity index (χ1v) is 10.2. The molecule has 4 heteroatoms. The van der Waals surface area contributed by atoms with Gasteiger partial charge in [0.05, 0.1) is 0 Å². The van der Waals surface area contributed by atoms with Crippen LogP contribution in [-0.2, 0) is 19.3 Å². The van der Waals surface area contributed by atoms with Crippen LogP contribution in [0.5, 0.6) is 0 Å². The fraction of sp³-hybridized carbons (Fsp3) is 0.318. The Morgan fingerprint density at radius 3 is 2.73 bits per heavy atom. The van der Waals surface area contributed by atoms with Crippen molar-refractivity contribution < 1.29 is 4.79 Å². The average molecular weight is 365 g/mol. The molecule has 3 aromatic rings. The molecule has 0 saturated carbocycles. The fourth-order valence-electron chi connectivity index (χ4n) is 3.83. The van der Waals surface area contributed by atoms with Gasteiger partial charge in [-0.25, -0.2) is 0 Å². The third-order valence-corrected chi connectivity index (χ3v) is 6.05. The smallest absolute Gasteiger partial charge is 0.251 e. The summed E-state index contributed by atoms with van der Waals surface area (Å²) in [5, 5.41) is 5.08. The molecule has 26 heavy (non-hydrogen) atoms. The van der Waals surface area contributed by atoms with E-state index >= 15 is 0 Å². The second-order valence-electron chi connectivity index (χ2n) is 6.93. The molecule has 1 aromatic carbocycles. The van der Waals surface area contributed by atoms with E-state index in [9.17, 15) is 4.79 Å². The van der Waals surface area contributed by atoms with Crippen LogP contribution in [0, 0.1) is 6.92 Å². The van der Waals surface area contributed by atoms with E-state index < -0.39 is 0 Å². The van der Waals surface area contributed by atoms with Gasteiger partial charge >= 0.3 is 0 Å². The number of aryl methyl sites for hydroxylation is 2. The molecule has 1 aliphatic rings. The Morgan fingerprint density at radius 2 is 1.96 bits per heavy atom. The Bertz CT molecular complexity index is 891. The predicted octanol–water partition coefficient (Wildman–Crippen LogP) is 4.70. The van der Waals surface area contributed by atoms with E-state index in [-0.39, 0.29) is 5.91 Å². The second-order valence-corrected chi connectivity index (χ2v) is 7.96. The zero-order chi connectivity index (χ0) is 17.9. The monoisotopic (exact) mass is 364 g/mol. The zero-order valence-electron chi connectivity index (χ0n) is 15.1. The van der Waals surface area contributed by atoms with E-state index in [0.29, 0.717) is 6.54 Å². The van der Waals surface area contributed by atoms with Gasteiger partial charge in [0, 0.05) is 34.1 Å².